The largest absolute Gasteiger partial charge is 0.393 e. The third kappa shape index (κ3) is 3.44. The molecule has 0 bridgehead atoms. The molecule has 0 aromatic carbocycles. The minimum Gasteiger partial charge on any atom is -0.393 e. The summed E-state index contributed by atoms with van der Waals surface area (Å²) in [6.45, 7) is 1.05. The Morgan fingerprint density at radius 3 is 2.13 bits per heavy atom. The normalized spacial score (nSPS) is 42.0. The van der Waals surface area contributed by atoms with Crippen molar-refractivity contribution in [3.8, 4) is 0 Å². The fraction of sp³-hybridized carbons (Fsp3) is 1.00. The minimum absolute atomic E-state index is 0.0509. The highest BCUT2D eigenvalue weighted by Gasteiger charge is 2.24. The summed E-state index contributed by atoms with van der Waals surface area (Å²) in [5.41, 5.74) is 0. The molecule has 0 aliphatic heterocycles. The van der Waals surface area contributed by atoms with Gasteiger partial charge in [0.05, 0.1) is 12.2 Å². The first-order chi connectivity index (χ1) is 7.24. The molecular weight excluding hydrogens is 190 g/mol. The Kier molecular flexibility index (Phi) is 4.00. The van der Waals surface area contributed by atoms with Crippen molar-refractivity contribution < 1.29 is 10.2 Å². The van der Waals surface area contributed by atoms with Gasteiger partial charge in [0.25, 0.3) is 0 Å². The summed E-state index contributed by atoms with van der Waals surface area (Å²) in [6, 6.07) is 0.603. The van der Waals surface area contributed by atoms with E-state index in [1.165, 1.54) is 6.42 Å². The van der Waals surface area contributed by atoms with Gasteiger partial charge in [0.1, 0.15) is 0 Å². The first-order valence-electron chi connectivity index (χ1n) is 6.33. The van der Waals surface area contributed by atoms with Crippen molar-refractivity contribution in [1.82, 2.24) is 5.32 Å². The molecule has 0 radical (unpaired) electrons. The monoisotopic (exact) mass is 213 g/mol. The molecule has 3 N–H and O–H groups in total. The molecule has 15 heavy (non-hydrogen) atoms. The van der Waals surface area contributed by atoms with Gasteiger partial charge >= 0.3 is 0 Å². The molecule has 2 aliphatic rings. The molecule has 88 valence electrons. The van der Waals surface area contributed by atoms with E-state index in [4.69, 9.17) is 0 Å². The van der Waals surface area contributed by atoms with Crippen LogP contribution in [0.2, 0.25) is 0 Å². The number of aliphatic hydroxyl groups is 2. The summed E-state index contributed by atoms with van der Waals surface area (Å²) >= 11 is 0. The molecule has 0 aromatic heterocycles. The Morgan fingerprint density at radius 2 is 1.53 bits per heavy atom. The lowest BCUT2D eigenvalue weighted by Gasteiger charge is -2.27. The Bertz CT molecular complexity index is 190. The molecule has 2 rings (SSSR count). The van der Waals surface area contributed by atoms with Crippen LogP contribution in [0.3, 0.4) is 0 Å². The zero-order valence-corrected chi connectivity index (χ0v) is 9.36. The van der Waals surface area contributed by atoms with Gasteiger partial charge in [-0.15, -0.1) is 0 Å². The maximum absolute atomic E-state index is 9.41. The molecule has 3 heteroatoms. The van der Waals surface area contributed by atoms with Gasteiger partial charge in [-0.1, -0.05) is 0 Å². The average Bonchev–Trinajstić information content (AvgIpc) is 2.64. The number of nitrogens with one attached hydrogen (secondary N) is 1. The highest BCUT2D eigenvalue weighted by Crippen LogP contribution is 2.25. The van der Waals surface area contributed by atoms with Gasteiger partial charge in [0.2, 0.25) is 0 Å². The molecule has 0 spiro atoms. The van der Waals surface area contributed by atoms with Crippen molar-refractivity contribution in [3.05, 3.63) is 0 Å². The lowest BCUT2D eigenvalue weighted by Crippen LogP contribution is -2.37. The SMILES string of the molecule is OC1CCC(NCC2CCC(O)C2)CC1. The summed E-state index contributed by atoms with van der Waals surface area (Å²) < 4.78 is 0. The van der Waals surface area contributed by atoms with Crippen LogP contribution in [0.5, 0.6) is 0 Å². The molecule has 0 amide bonds. The summed E-state index contributed by atoms with van der Waals surface area (Å²) in [7, 11) is 0. The molecule has 2 unspecified atom stereocenters. The highest BCUT2D eigenvalue weighted by molar-refractivity contribution is 4.80. The van der Waals surface area contributed by atoms with Gasteiger partial charge in [-0.05, 0) is 57.4 Å². The summed E-state index contributed by atoms with van der Waals surface area (Å²) in [5, 5.41) is 22.4. The van der Waals surface area contributed by atoms with Crippen molar-refractivity contribution in [2.45, 2.75) is 63.2 Å². The Balaban J connectivity index is 1.61. The van der Waals surface area contributed by atoms with E-state index in [1.807, 2.05) is 0 Å². The molecule has 3 nitrogen and oxygen atoms in total. The van der Waals surface area contributed by atoms with Crippen molar-refractivity contribution in [2.24, 2.45) is 5.92 Å². The van der Waals surface area contributed by atoms with Crippen LogP contribution in [0.25, 0.3) is 0 Å². The summed E-state index contributed by atoms with van der Waals surface area (Å²) in [4.78, 5) is 0. The first kappa shape index (κ1) is 11.4. The van der Waals surface area contributed by atoms with Crippen LogP contribution in [0.4, 0.5) is 0 Å². The lowest BCUT2D eigenvalue weighted by molar-refractivity contribution is 0.115. The topological polar surface area (TPSA) is 52.5 Å². The zero-order chi connectivity index (χ0) is 10.7. The molecular formula is C12H23NO2. The fourth-order valence-electron chi connectivity index (χ4n) is 2.85. The second-order valence-electron chi connectivity index (χ2n) is 5.25. The average molecular weight is 213 g/mol. The third-order valence-electron chi connectivity index (χ3n) is 3.91. The molecule has 0 heterocycles. The van der Waals surface area contributed by atoms with E-state index in [-0.39, 0.29) is 12.2 Å². The van der Waals surface area contributed by atoms with Gasteiger partial charge in [-0.2, -0.15) is 0 Å². The van der Waals surface area contributed by atoms with Crippen LogP contribution in [0.1, 0.15) is 44.9 Å². The second kappa shape index (κ2) is 5.28. The molecule has 2 saturated carbocycles. The molecule has 2 aliphatic carbocycles. The highest BCUT2D eigenvalue weighted by atomic mass is 16.3. The van der Waals surface area contributed by atoms with Crippen LogP contribution in [0.15, 0.2) is 0 Å². The van der Waals surface area contributed by atoms with E-state index >= 15 is 0 Å². The van der Waals surface area contributed by atoms with Crippen molar-refractivity contribution >= 4 is 0 Å². The predicted molar refractivity (Wildman–Crippen MR) is 59.6 cm³/mol. The quantitative estimate of drug-likeness (QED) is 0.656. The van der Waals surface area contributed by atoms with Crippen molar-refractivity contribution in [1.29, 1.82) is 0 Å². The Morgan fingerprint density at radius 1 is 0.867 bits per heavy atom. The number of hydrogen-bond donors (Lipinski definition) is 3. The van der Waals surface area contributed by atoms with Crippen molar-refractivity contribution in [2.75, 3.05) is 6.54 Å². The lowest BCUT2D eigenvalue weighted by atomic mass is 9.92. The molecule has 2 fully saturated rings. The van der Waals surface area contributed by atoms with Crippen LogP contribution in [-0.2, 0) is 0 Å². The molecule has 0 aromatic rings. The molecule has 2 atom stereocenters. The van der Waals surface area contributed by atoms with Gasteiger partial charge in [0.15, 0.2) is 0 Å². The third-order valence-corrected chi connectivity index (χ3v) is 3.91. The number of hydrogen-bond acceptors (Lipinski definition) is 3. The van der Waals surface area contributed by atoms with Gasteiger partial charge in [-0.3, -0.25) is 0 Å². The van der Waals surface area contributed by atoms with Gasteiger partial charge < -0.3 is 15.5 Å². The standard InChI is InChI=1S/C12H23NO2/c14-11-5-2-10(3-6-11)13-8-9-1-4-12(15)7-9/h9-15H,1-8H2. The Labute approximate surface area is 91.9 Å². The van der Waals surface area contributed by atoms with E-state index in [0.717, 1.165) is 45.1 Å². The van der Waals surface area contributed by atoms with Crippen LogP contribution in [-0.4, -0.2) is 35.0 Å². The van der Waals surface area contributed by atoms with Crippen LogP contribution in [0, 0.1) is 5.92 Å². The van der Waals surface area contributed by atoms with Crippen LogP contribution < -0.4 is 5.32 Å². The fourth-order valence-corrected chi connectivity index (χ4v) is 2.85. The summed E-state index contributed by atoms with van der Waals surface area (Å²) in [5.74, 6) is 0.673. The van der Waals surface area contributed by atoms with Crippen molar-refractivity contribution in [3.63, 3.8) is 0 Å². The van der Waals surface area contributed by atoms with E-state index in [1.54, 1.807) is 0 Å². The van der Waals surface area contributed by atoms with Gasteiger partial charge in [0, 0.05) is 6.04 Å². The van der Waals surface area contributed by atoms with E-state index in [9.17, 15) is 10.2 Å². The van der Waals surface area contributed by atoms with E-state index < -0.39 is 0 Å². The van der Waals surface area contributed by atoms with E-state index in [0.29, 0.717) is 12.0 Å². The first-order valence-corrected chi connectivity index (χ1v) is 6.33. The maximum atomic E-state index is 9.41. The number of aliphatic hydroxyl groups excluding tert-OH is 2. The molecule has 0 saturated heterocycles. The smallest absolute Gasteiger partial charge is 0.0543 e. The summed E-state index contributed by atoms with van der Waals surface area (Å²) in [6.07, 6.45) is 7.13. The predicted octanol–water partition coefficient (Wildman–Crippen LogP) is 1.04. The number of rotatable bonds is 3. The Hall–Kier alpha value is -0.120. The maximum Gasteiger partial charge on any atom is 0.0543 e. The minimum atomic E-state index is -0.0589. The van der Waals surface area contributed by atoms with Gasteiger partial charge in [-0.25, -0.2) is 0 Å². The van der Waals surface area contributed by atoms with Crippen LogP contribution >= 0.6 is 0 Å². The van der Waals surface area contributed by atoms with E-state index in [2.05, 4.69) is 5.32 Å². The second-order valence-corrected chi connectivity index (χ2v) is 5.25. The zero-order valence-electron chi connectivity index (χ0n) is 9.36.